The third kappa shape index (κ3) is 3.76. The van der Waals surface area contributed by atoms with Crippen molar-refractivity contribution in [2.45, 2.75) is 44.6 Å². The molecule has 122 valence electrons. The van der Waals surface area contributed by atoms with Crippen molar-refractivity contribution in [2.75, 3.05) is 6.61 Å². The van der Waals surface area contributed by atoms with E-state index in [1.807, 2.05) is 37.3 Å². The van der Waals surface area contributed by atoms with E-state index in [0.29, 0.717) is 12.3 Å². The van der Waals surface area contributed by atoms with Crippen LogP contribution < -0.4 is 5.32 Å². The molecule has 2 N–H and O–H groups in total. The fraction of sp³-hybridized carbons (Fsp3) is 0.471. The zero-order valence-electron chi connectivity index (χ0n) is 13.3. The molecule has 0 bridgehead atoms. The maximum atomic E-state index is 12.3. The Bertz CT molecular complexity index is 664. The number of nitrogens with zero attached hydrogens (tertiary/aromatic N) is 3. The maximum Gasteiger partial charge on any atom is 0.291 e. The van der Waals surface area contributed by atoms with Crippen molar-refractivity contribution < 1.29 is 9.90 Å². The van der Waals surface area contributed by atoms with Gasteiger partial charge in [-0.2, -0.15) is 0 Å². The number of hydrogen-bond donors (Lipinski definition) is 2. The van der Waals surface area contributed by atoms with Crippen LogP contribution in [0.25, 0.3) is 5.69 Å². The average molecular weight is 314 g/mol. The molecule has 23 heavy (non-hydrogen) atoms. The van der Waals surface area contributed by atoms with Gasteiger partial charge in [0.2, 0.25) is 5.82 Å². The van der Waals surface area contributed by atoms with Gasteiger partial charge >= 0.3 is 0 Å². The number of rotatable bonds is 7. The Balaban J connectivity index is 1.79. The highest BCUT2D eigenvalue weighted by molar-refractivity contribution is 5.90. The Kier molecular flexibility index (Phi) is 4.71. The summed E-state index contributed by atoms with van der Waals surface area (Å²) in [4.78, 5) is 16.8. The van der Waals surface area contributed by atoms with E-state index in [1.54, 1.807) is 4.68 Å². The molecule has 0 radical (unpaired) electrons. The lowest BCUT2D eigenvalue weighted by molar-refractivity contribution is 0.0926. The Morgan fingerprint density at radius 3 is 2.78 bits per heavy atom. The van der Waals surface area contributed by atoms with Gasteiger partial charge < -0.3 is 10.4 Å². The van der Waals surface area contributed by atoms with Crippen LogP contribution in [0.15, 0.2) is 30.3 Å². The predicted molar refractivity (Wildman–Crippen MR) is 86.6 cm³/mol. The molecule has 1 aromatic heterocycles. The number of hydrogen-bond acceptors (Lipinski definition) is 4. The SMILES string of the molecule is CC(CCCO)NC(=O)c1nc(C2CC2)n(-c2ccccc2)n1. The van der Waals surface area contributed by atoms with Gasteiger partial charge in [-0.05, 0) is 44.7 Å². The lowest BCUT2D eigenvalue weighted by atomic mass is 10.2. The highest BCUT2D eigenvalue weighted by atomic mass is 16.3. The van der Waals surface area contributed by atoms with Gasteiger partial charge in [0, 0.05) is 18.6 Å². The summed E-state index contributed by atoms with van der Waals surface area (Å²) < 4.78 is 1.78. The normalized spacial score (nSPS) is 15.4. The third-order valence-electron chi connectivity index (χ3n) is 3.95. The first kappa shape index (κ1) is 15.7. The van der Waals surface area contributed by atoms with Crippen molar-refractivity contribution >= 4 is 5.91 Å². The number of benzene rings is 1. The van der Waals surface area contributed by atoms with Crippen LogP contribution in [0.2, 0.25) is 0 Å². The van der Waals surface area contributed by atoms with Gasteiger partial charge in [0.1, 0.15) is 5.82 Å². The summed E-state index contributed by atoms with van der Waals surface area (Å²) in [6.45, 7) is 2.05. The second kappa shape index (κ2) is 6.91. The van der Waals surface area contributed by atoms with Crippen molar-refractivity contribution in [1.29, 1.82) is 0 Å². The summed E-state index contributed by atoms with van der Waals surface area (Å²) in [6.07, 6.45) is 3.59. The van der Waals surface area contributed by atoms with Crippen molar-refractivity contribution in [3.05, 3.63) is 42.0 Å². The summed E-state index contributed by atoms with van der Waals surface area (Å²) in [5, 5.41) is 16.2. The molecule has 1 heterocycles. The molecule has 1 amide bonds. The van der Waals surface area contributed by atoms with Crippen LogP contribution in [0, 0.1) is 0 Å². The smallest absolute Gasteiger partial charge is 0.291 e. The average Bonchev–Trinajstić information content (AvgIpc) is 3.32. The highest BCUT2D eigenvalue weighted by Crippen LogP contribution is 2.39. The van der Waals surface area contributed by atoms with E-state index in [2.05, 4.69) is 15.4 Å². The summed E-state index contributed by atoms with van der Waals surface area (Å²) in [5.74, 6) is 1.22. The fourth-order valence-corrected chi connectivity index (χ4v) is 2.54. The van der Waals surface area contributed by atoms with Crippen LogP contribution >= 0.6 is 0 Å². The minimum absolute atomic E-state index is 0.0114. The minimum Gasteiger partial charge on any atom is -0.396 e. The van der Waals surface area contributed by atoms with Gasteiger partial charge in [-0.3, -0.25) is 4.79 Å². The van der Waals surface area contributed by atoms with Gasteiger partial charge in [-0.15, -0.1) is 5.10 Å². The molecule has 0 saturated heterocycles. The van der Waals surface area contributed by atoms with Crippen LogP contribution in [0.1, 0.15) is 55.0 Å². The summed E-state index contributed by atoms with van der Waals surface area (Å²) in [7, 11) is 0. The first-order chi connectivity index (χ1) is 11.2. The standard InChI is InChI=1S/C17H22N4O2/c1-12(6-5-11-22)18-17(23)15-19-16(13-9-10-13)21(20-15)14-7-3-2-4-8-14/h2-4,7-8,12-13,22H,5-6,9-11H2,1H3,(H,18,23). The zero-order chi connectivity index (χ0) is 16.2. The molecule has 0 spiro atoms. The quantitative estimate of drug-likeness (QED) is 0.819. The van der Waals surface area contributed by atoms with Crippen molar-refractivity contribution in [1.82, 2.24) is 20.1 Å². The molecule has 3 rings (SSSR count). The summed E-state index contributed by atoms with van der Waals surface area (Å²) in [5.41, 5.74) is 0.925. The number of amides is 1. The van der Waals surface area contributed by atoms with Crippen molar-refractivity contribution in [2.24, 2.45) is 0 Å². The second-order valence-corrected chi connectivity index (χ2v) is 6.06. The number of carbonyl (C=O) groups excluding carboxylic acids is 1. The van der Waals surface area contributed by atoms with E-state index >= 15 is 0 Å². The number of aliphatic hydroxyl groups is 1. The van der Waals surface area contributed by atoms with E-state index in [4.69, 9.17) is 5.11 Å². The van der Waals surface area contributed by atoms with Gasteiger partial charge in [-0.1, -0.05) is 18.2 Å². The molecular weight excluding hydrogens is 292 g/mol. The van der Waals surface area contributed by atoms with Gasteiger partial charge in [0.05, 0.1) is 5.69 Å². The van der Waals surface area contributed by atoms with E-state index in [1.165, 1.54) is 0 Å². The van der Waals surface area contributed by atoms with Gasteiger partial charge in [0.15, 0.2) is 0 Å². The van der Waals surface area contributed by atoms with E-state index < -0.39 is 0 Å². The Morgan fingerprint density at radius 1 is 1.39 bits per heavy atom. The lowest BCUT2D eigenvalue weighted by Gasteiger charge is -2.11. The lowest BCUT2D eigenvalue weighted by Crippen LogP contribution is -2.33. The molecule has 1 atom stereocenters. The molecule has 1 fully saturated rings. The van der Waals surface area contributed by atoms with E-state index in [0.717, 1.165) is 30.8 Å². The molecule has 1 unspecified atom stereocenters. The van der Waals surface area contributed by atoms with Crippen LogP contribution in [0.3, 0.4) is 0 Å². The first-order valence-electron chi connectivity index (χ1n) is 8.13. The minimum atomic E-state index is -0.257. The van der Waals surface area contributed by atoms with E-state index in [-0.39, 0.29) is 24.4 Å². The summed E-state index contributed by atoms with van der Waals surface area (Å²) >= 11 is 0. The monoisotopic (exact) mass is 314 g/mol. The largest absolute Gasteiger partial charge is 0.396 e. The first-order valence-corrected chi connectivity index (χ1v) is 8.13. The molecule has 6 heteroatoms. The summed E-state index contributed by atoms with van der Waals surface area (Å²) in [6, 6.07) is 9.77. The van der Waals surface area contributed by atoms with E-state index in [9.17, 15) is 4.79 Å². The molecule has 0 aliphatic heterocycles. The molecule has 2 aromatic rings. The third-order valence-corrected chi connectivity index (χ3v) is 3.95. The maximum absolute atomic E-state index is 12.3. The van der Waals surface area contributed by atoms with Crippen LogP contribution in [0.4, 0.5) is 0 Å². The van der Waals surface area contributed by atoms with Crippen LogP contribution in [-0.2, 0) is 0 Å². The predicted octanol–water partition coefficient (Wildman–Crippen LogP) is 2.04. The van der Waals surface area contributed by atoms with Gasteiger partial charge in [-0.25, -0.2) is 9.67 Å². The highest BCUT2D eigenvalue weighted by Gasteiger charge is 2.31. The molecule has 1 aliphatic carbocycles. The zero-order valence-corrected chi connectivity index (χ0v) is 13.3. The Morgan fingerprint density at radius 2 is 2.13 bits per heavy atom. The molecule has 1 aromatic carbocycles. The second-order valence-electron chi connectivity index (χ2n) is 6.06. The van der Waals surface area contributed by atoms with Crippen molar-refractivity contribution in [3.8, 4) is 5.69 Å². The number of carbonyl (C=O) groups is 1. The van der Waals surface area contributed by atoms with Crippen molar-refractivity contribution in [3.63, 3.8) is 0 Å². The number of aromatic nitrogens is 3. The number of nitrogens with one attached hydrogen (secondary N) is 1. The Hall–Kier alpha value is -2.21. The van der Waals surface area contributed by atoms with Crippen LogP contribution in [0.5, 0.6) is 0 Å². The fourth-order valence-electron chi connectivity index (χ4n) is 2.54. The Labute approximate surface area is 135 Å². The van der Waals surface area contributed by atoms with Gasteiger partial charge in [0.25, 0.3) is 5.91 Å². The molecule has 6 nitrogen and oxygen atoms in total. The number of para-hydroxylation sites is 1. The number of aliphatic hydroxyl groups excluding tert-OH is 1. The molecule has 1 aliphatic rings. The molecular formula is C17H22N4O2. The topological polar surface area (TPSA) is 80.0 Å². The van der Waals surface area contributed by atoms with Crippen LogP contribution in [-0.4, -0.2) is 38.4 Å². The molecule has 1 saturated carbocycles.